The highest BCUT2D eigenvalue weighted by molar-refractivity contribution is 6.06. The first-order valence-electron chi connectivity index (χ1n) is 7.13. The van der Waals surface area contributed by atoms with Crippen LogP contribution in [0.25, 0.3) is 22.5 Å². The average Bonchev–Trinajstić information content (AvgIpc) is 3.14. The van der Waals surface area contributed by atoms with E-state index in [1.807, 2.05) is 24.6 Å². The molecule has 0 N–H and O–H groups in total. The van der Waals surface area contributed by atoms with Crippen LogP contribution in [-0.2, 0) is 0 Å². The lowest BCUT2D eigenvalue weighted by Crippen LogP contribution is -2.22. The van der Waals surface area contributed by atoms with Crippen molar-refractivity contribution in [2.45, 2.75) is 19.9 Å². The predicted molar refractivity (Wildman–Crippen MR) is 83.6 cm³/mol. The zero-order chi connectivity index (χ0) is 15.9. The van der Waals surface area contributed by atoms with Crippen LogP contribution < -0.4 is 0 Å². The Kier molecular flexibility index (Phi) is 3.44. The zero-order valence-electron chi connectivity index (χ0n) is 13.1. The summed E-state index contributed by atoms with van der Waals surface area (Å²) in [5.74, 6) is 0.551. The molecular weight excluding hydrogens is 280 g/mol. The van der Waals surface area contributed by atoms with E-state index < -0.39 is 0 Å². The van der Waals surface area contributed by atoms with Crippen molar-refractivity contribution in [3.63, 3.8) is 0 Å². The number of hydrogen-bond donors (Lipinski definition) is 0. The highest BCUT2D eigenvalue weighted by atomic mass is 16.3. The minimum Gasteiger partial charge on any atom is -0.463 e. The van der Waals surface area contributed by atoms with Gasteiger partial charge in [0.15, 0.2) is 11.4 Å². The molecule has 6 heteroatoms. The van der Waals surface area contributed by atoms with Gasteiger partial charge in [-0.15, -0.1) is 0 Å². The Balaban J connectivity index is 2.30. The topological polar surface area (TPSA) is 64.2 Å². The van der Waals surface area contributed by atoms with Crippen LogP contribution in [0.4, 0.5) is 0 Å². The average molecular weight is 298 g/mol. The molecule has 0 aliphatic rings. The molecule has 3 rings (SSSR count). The molecule has 0 unspecified atom stereocenters. The van der Waals surface area contributed by atoms with E-state index in [1.165, 1.54) is 0 Å². The number of furan rings is 1. The lowest BCUT2D eigenvalue weighted by Gasteiger charge is -2.13. The van der Waals surface area contributed by atoms with Gasteiger partial charge in [-0.2, -0.15) is 5.10 Å². The fourth-order valence-electron chi connectivity index (χ4n) is 2.36. The van der Waals surface area contributed by atoms with E-state index in [-0.39, 0.29) is 11.9 Å². The number of carbonyl (C=O) groups excluding carboxylic acids is 1. The number of rotatable bonds is 3. The Morgan fingerprint density at radius 1 is 1.36 bits per heavy atom. The van der Waals surface area contributed by atoms with Crippen LogP contribution in [0, 0.1) is 0 Å². The zero-order valence-corrected chi connectivity index (χ0v) is 13.1. The van der Waals surface area contributed by atoms with Crippen LogP contribution in [0.3, 0.4) is 0 Å². The van der Waals surface area contributed by atoms with Crippen molar-refractivity contribution in [3.05, 3.63) is 36.2 Å². The molecule has 3 aromatic heterocycles. The smallest absolute Gasteiger partial charge is 0.254 e. The SMILES string of the molecule is CC(C)n1ncc2c(C(=O)N(C)C)cc(-c3ccco3)nc21. The largest absolute Gasteiger partial charge is 0.463 e. The van der Waals surface area contributed by atoms with Crippen LogP contribution in [0.1, 0.15) is 30.2 Å². The number of hydrogen-bond acceptors (Lipinski definition) is 4. The van der Waals surface area contributed by atoms with Crippen LogP contribution >= 0.6 is 0 Å². The molecule has 0 saturated carbocycles. The van der Waals surface area contributed by atoms with Crippen molar-refractivity contribution in [3.8, 4) is 11.5 Å². The Labute approximate surface area is 128 Å². The summed E-state index contributed by atoms with van der Waals surface area (Å²) >= 11 is 0. The predicted octanol–water partition coefficient (Wildman–Crippen LogP) is 2.97. The van der Waals surface area contributed by atoms with E-state index in [0.717, 1.165) is 5.39 Å². The molecule has 3 aromatic rings. The molecule has 0 radical (unpaired) electrons. The maximum absolute atomic E-state index is 12.5. The van der Waals surface area contributed by atoms with E-state index in [4.69, 9.17) is 4.42 Å². The quantitative estimate of drug-likeness (QED) is 0.745. The highest BCUT2D eigenvalue weighted by Gasteiger charge is 2.20. The molecule has 3 heterocycles. The lowest BCUT2D eigenvalue weighted by molar-refractivity contribution is 0.0829. The Morgan fingerprint density at radius 2 is 2.14 bits per heavy atom. The lowest BCUT2D eigenvalue weighted by atomic mass is 10.1. The number of carbonyl (C=O) groups is 1. The van der Waals surface area contributed by atoms with Gasteiger partial charge in [-0.1, -0.05) is 0 Å². The summed E-state index contributed by atoms with van der Waals surface area (Å²) in [7, 11) is 3.46. The number of fused-ring (bicyclic) bond motifs is 1. The van der Waals surface area contributed by atoms with Gasteiger partial charge in [-0.25, -0.2) is 9.67 Å². The van der Waals surface area contributed by atoms with Gasteiger partial charge < -0.3 is 9.32 Å². The Bertz CT molecular complexity index is 816. The third-order valence-corrected chi connectivity index (χ3v) is 3.47. The van der Waals surface area contributed by atoms with Gasteiger partial charge in [-0.05, 0) is 32.0 Å². The molecule has 6 nitrogen and oxygen atoms in total. The maximum atomic E-state index is 12.5. The first-order chi connectivity index (χ1) is 10.5. The molecule has 0 atom stereocenters. The molecule has 22 heavy (non-hydrogen) atoms. The van der Waals surface area contributed by atoms with Crippen molar-refractivity contribution in [1.82, 2.24) is 19.7 Å². The van der Waals surface area contributed by atoms with Gasteiger partial charge in [-0.3, -0.25) is 4.79 Å². The summed E-state index contributed by atoms with van der Waals surface area (Å²) in [6.45, 7) is 4.06. The van der Waals surface area contributed by atoms with E-state index in [0.29, 0.717) is 22.7 Å². The molecule has 1 amide bonds. The molecular formula is C16H18N4O2. The van der Waals surface area contributed by atoms with Gasteiger partial charge in [0.2, 0.25) is 0 Å². The van der Waals surface area contributed by atoms with Crippen molar-refractivity contribution in [2.75, 3.05) is 14.1 Å². The Hall–Kier alpha value is -2.63. The summed E-state index contributed by atoms with van der Waals surface area (Å²) in [6, 6.07) is 5.54. The molecule has 0 aliphatic heterocycles. The third-order valence-electron chi connectivity index (χ3n) is 3.47. The van der Waals surface area contributed by atoms with E-state index >= 15 is 0 Å². The van der Waals surface area contributed by atoms with Crippen LogP contribution in [-0.4, -0.2) is 39.7 Å². The molecule has 0 aliphatic carbocycles. The summed E-state index contributed by atoms with van der Waals surface area (Å²) in [4.78, 5) is 18.7. The van der Waals surface area contributed by atoms with Crippen molar-refractivity contribution in [1.29, 1.82) is 0 Å². The van der Waals surface area contributed by atoms with Crippen LogP contribution in [0.15, 0.2) is 35.1 Å². The third kappa shape index (κ3) is 2.26. The molecule has 114 valence electrons. The number of amides is 1. The fraction of sp³-hybridized carbons (Fsp3) is 0.312. The first kappa shape index (κ1) is 14.3. The van der Waals surface area contributed by atoms with Gasteiger partial charge in [0.1, 0.15) is 5.69 Å². The number of nitrogens with zero attached hydrogens (tertiary/aromatic N) is 4. The van der Waals surface area contributed by atoms with Crippen molar-refractivity contribution in [2.24, 2.45) is 0 Å². The minimum absolute atomic E-state index is 0.0801. The molecule has 0 aromatic carbocycles. The van der Waals surface area contributed by atoms with Gasteiger partial charge in [0, 0.05) is 20.1 Å². The molecule has 0 bridgehead atoms. The highest BCUT2D eigenvalue weighted by Crippen LogP contribution is 2.27. The fourth-order valence-corrected chi connectivity index (χ4v) is 2.36. The minimum atomic E-state index is -0.0801. The molecule has 0 spiro atoms. The summed E-state index contributed by atoms with van der Waals surface area (Å²) < 4.78 is 7.24. The first-order valence-corrected chi connectivity index (χ1v) is 7.13. The number of pyridine rings is 1. The van der Waals surface area contributed by atoms with E-state index in [2.05, 4.69) is 10.1 Å². The normalized spacial score (nSPS) is 11.3. The second kappa shape index (κ2) is 5.29. The van der Waals surface area contributed by atoms with Gasteiger partial charge >= 0.3 is 0 Å². The number of aromatic nitrogens is 3. The van der Waals surface area contributed by atoms with E-state index in [1.54, 1.807) is 43.6 Å². The van der Waals surface area contributed by atoms with Crippen molar-refractivity contribution < 1.29 is 9.21 Å². The van der Waals surface area contributed by atoms with Crippen LogP contribution in [0.5, 0.6) is 0 Å². The second-order valence-corrected chi connectivity index (χ2v) is 5.65. The maximum Gasteiger partial charge on any atom is 0.254 e. The summed E-state index contributed by atoms with van der Waals surface area (Å²) in [5, 5.41) is 5.12. The van der Waals surface area contributed by atoms with Gasteiger partial charge in [0.25, 0.3) is 5.91 Å². The molecule has 0 saturated heterocycles. The monoisotopic (exact) mass is 298 g/mol. The summed E-state index contributed by atoms with van der Waals surface area (Å²) in [5.41, 5.74) is 1.90. The second-order valence-electron chi connectivity index (χ2n) is 5.65. The Morgan fingerprint density at radius 3 is 2.73 bits per heavy atom. The van der Waals surface area contributed by atoms with E-state index in [9.17, 15) is 4.79 Å². The van der Waals surface area contributed by atoms with Crippen molar-refractivity contribution >= 4 is 16.9 Å². The summed E-state index contributed by atoms with van der Waals surface area (Å²) in [6.07, 6.45) is 3.29. The molecule has 0 fully saturated rings. The van der Waals surface area contributed by atoms with Gasteiger partial charge in [0.05, 0.1) is 23.4 Å². The standard InChI is InChI=1S/C16H18N4O2/c1-10(2)20-15-12(9-17-20)11(16(21)19(3)4)8-13(18-15)14-6-5-7-22-14/h5-10H,1-4H3. The van der Waals surface area contributed by atoms with Crippen LogP contribution in [0.2, 0.25) is 0 Å².